The second-order valence-electron chi connectivity index (χ2n) is 5.10. The molecule has 2 aromatic carbocycles. The molecule has 2 rings (SSSR count). The smallest absolute Gasteiger partial charge is 0.270 e. The van der Waals surface area contributed by atoms with Crippen LogP contribution < -0.4 is 19.5 Å². The van der Waals surface area contributed by atoms with Gasteiger partial charge in [0, 0.05) is 24.2 Å². The molecular weight excluding hydrogens is 364 g/mol. The van der Waals surface area contributed by atoms with Gasteiger partial charge in [-0.25, -0.2) is 0 Å². The molecule has 138 valence electrons. The first-order chi connectivity index (χ1) is 12.4. The summed E-state index contributed by atoms with van der Waals surface area (Å²) in [4.78, 5) is 22.5. The molecule has 0 radical (unpaired) electrons. The van der Waals surface area contributed by atoms with Crippen molar-refractivity contribution >= 4 is 23.2 Å². The largest absolute Gasteiger partial charge is 0.493 e. The minimum atomic E-state index is -0.581. The minimum absolute atomic E-state index is 0.00373. The minimum Gasteiger partial charge on any atom is -0.493 e. The van der Waals surface area contributed by atoms with Gasteiger partial charge in [0.25, 0.3) is 11.6 Å². The van der Waals surface area contributed by atoms with E-state index in [0.717, 1.165) is 6.07 Å². The summed E-state index contributed by atoms with van der Waals surface area (Å²) in [6.07, 6.45) is 0. The molecule has 0 aliphatic heterocycles. The number of halogens is 1. The number of hydrogen-bond acceptors (Lipinski definition) is 6. The lowest BCUT2D eigenvalue weighted by molar-refractivity contribution is -0.384. The lowest BCUT2D eigenvalue weighted by Gasteiger charge is -2.16. The summed E-state index contributed by atoms with van der Waals surface area (Å²) in [5.41, 5.74) is 0.612. The van der Waals surface area contributed by atoms with Gasteiger partial charge in [-0.1, -0.05) is 11.6 Å². The molecule has 26 heavy (non-hydrogen) atoms. The molecule has 0 aromatic heterocycles. The van der Waals surface area contributed by atoms with Crippen LogP contribution in [0.5, 0.6) is 17.2 Å². The van der Waals surface area contributed by atoms with Crippen LogP contribution in [0, 0.1) is 10.1 Å². The Kier molecular flexibility index (Phi) is 6.24. The number of nitro groups is 1. The molecule has 0 saturated heterocycles. The van der Waals surface area contributed by atoms with Crippen molar-refractivity contribution in [2.24, 2.45) is 0 Å². The Morgan fingerprint density at radius 3 is 2.35 bits per heavy atom. The van der Waals surface area contributed by atoms with E-state index >= 15 is 0 Å². The first kappa shape index (κ1) is 19.3. The molecular formula is C17H17ClN2O6. The van der Waals surface area contributed by atoms with Gasteiger partial charge in [-0.3, -0.25) is 14.9 Å². The van der Waals surface area contributed by atoms with E-state index in [0.29, 0.717) is 22.8 Å². The number of rotatable bonds is 7. The summed E-state index contributed by atoms with van der Waals surface area (Å²) >= 11 is 5.97. The van der Waals surface area contributed by atoms with Crippen LogP contribution in [-0.4, -0.2) is 32.2 Å². The van der Waals surface area contributed by atoms with E-state index in [4.69, 9.17) is 25.8 Å². The SMILES string of the molecule is COc1ccc(CNC(=O)c2ccc([N+](=O)[O-])cc2Cl)c(OC)c1OC. The number of non-ortho nitro benzene ring substituents is 1. The van der Waals surface area contributed by atoms with E-state index in [2.05, 4.69) is 5.32 Å². The third-order valence-electron chi connectivity index (χ3n) is 3.63. The molecule has 0 heterocycles. The van der Waals surface area contributed by atoms with Crippen LogP contribution in [-0.2, 0) is 6.54 Å². The van der Waals surface area contributed by atoms with Crippen LogP contribution in [0.25, 0.3) is 0 Å². The Bertz CT molecular complexity index is 840. The zero-order valence-electron chi connectivity index (χ0n) is 14.4. The average Bonchev–Trinajstić information content (AvgIpc) is 2.64. The van der Waals surface area contributed by atoms with Crippen molar-refractivity contribution in [3.63, 3.8) is 0 Å². The van der Waals surface area contributed by atoms with Crippen molar-refractivity contribution < 1.29 is 23.9 Å². The van der Waals surface area contributed by atoms with Crippen LogP contribution in [0.2, 0.25) is 5.02 Å². The fourth-order valence-electron chi connectivity index (χ4n) is 2.37. The van der Waals surface area contributed by atoms with Gasteiger partial charge in [-0.15, -0.1) is 0 Å². The number of methoxy groups -OCH3 is 3. The third kappa shape index (κ3) is 3.97. The lowest BCUT2D eigenvalue weighted by Crippen LogP contribution is -2.23. The van der Waals surface area contributed by atoms with E-state index in [1.807, 2.05) is 0 Å². The topological polar surface area (TPSA) is 99.9 Å². The van der Waals surface area contributed by atoms with Crippen LogP contribution in [0.3, 0.4) is 0 Å². The van der Waals surface area contributed by atoms with Gasteiger partial charge in [0.2, 0.25) is 5.75 Å². The molecule has 0 aliphatic rings. The summed E-state index contributed by atoms with van der Waals surface area (Å²) in [5, 5.41) is 13.4. The molecule has 0 saturated carbocycles. The number of nitrogens with one attached hydrogen (secondary N) is 1. The van der Waals surface area contributed by atoms with Crippen molar-refractivity contribution in [3.8, 4) is 17.2 Å². The van der Waals surface area contributed by atoms with Gasteiger partial charge in [-0.05, 0) is 18.2 Å². The first-order valence-corrected chi connectivity index (χ1v) is 7.80. The quantitative estimate of drug-likeness (QED) is 0.584. The summed E-state index contributed by atoms with van der Waals surface area (Å²) in [7, 11) is 4.48. The predicted octanol–water partition coefficient (Wildman–Crippen LogP) is 3.20. The second-order valence-corrected chi connectivity index (χ2v) is 5.50. The number of benzene rings is 2. The number of ether oxygens (including phenoxy) is 3. The summed E-state index contributed by atoms with van der Waals surface area (Å²) in [6, 6.07) is 7.09. The zero-order valence-corrected chi connectivity index (χ0v) is 15.1. The van der Waals surface area contributed by atoms with Gasteiger partial charge < -0.3 is 19.5 Å². The van der Waals surface area contributed by atoms with Crippen molar-refractivity contribution in [3.05, 3.63) is 56.6 Å². The molecule has 0 unspecified atom stereocenters. The highest BCUT2D eigenvalue weighted by Gasteiger charge is 2.18. The molecule has 9 heteroatoms. The average molecular weight is 381 g/mol. The maximum absolute atomic E-state index is 12.3. The molecule has 0 bridgehead atoms. The molecule has 0 aliphatic carbocycles. The Hall–Kier alpha value is -3.00. The van der Waals surface area contributed by atoms with Crippen LogP contribution in [0.1, 0.15) is 15.9 Å². The Morgan fingerprint density at radius 2 is 1.81 bits per heavy atom. The summed E-state index contributed by atoms with van der Waals surface area (Å²) < 4.78 is 15.9. The second kappa shape index (κ2) is 8.39. The molecule has 1 N–H and O–H groups in total. The zero-order chi connectivity index (χ0) is 19.3. The number of nitrogens with zero attached hydrogens (tertiary/aromatic N) is 1. The monoisotopic (exact) mass is 380 g/mol. The van der Waals surface area contributed by atoms with Gasteiger partial charge >= 0.3 is 0 Å². The van der Waals surface area contributed by atoms with Gasteiger partial charge in [0.05, 0.1) is 36.8 Å². The highest BCUT2D eigenvalue weighted by Crippen LogP contribution is 2.39. The molecule has 0 atom stereocenters. The maximum Gasteiger partial charge on any atom is 0.270 e. The first-order valence-electron chi connectivity index (χ1n) is 7.42. The van der Waals surface area contributed by atoms with E-state index in [-0.39, 0.29) is 22.8 Å². The molecule has 1 amide bonds. The number of nitro benzene ring substituents is 1. The highest BCUT2D eigenvalue weighted by atomic mass is 35.5. The number of carbonyl (C=O) groups is 1. The Balaban J connectivity index is 2.21. The van der Waals surface area contributed by atoms with Crippen molar-refractivity contribution in [2.45, 2.75) is 6.54 Å². The number of carbonyl (C=O) groups excluding carboxylic acids is 1. The third-order valence-corrected chi connectivity index (χ3v) is 3.95. The van der Waals surface area contributed by atoms with E-state index in [1.165, 1.54) is 33.5 Å². The summed E-state index contributed by atoms with van der Waals surface area (Å²) in [5.74, 6) is 0.872. The fourth-order valence-corrected chi connectivity index (χ4v) is 2.64. The van der Waals surface area contributed by atoms with Crippen LogP contribution in [0.15, 0.2) is 30.3 Å². The highest BCUT2D eigenvalue weighted by molar-refractivity contribution is 6.34. The van der Waals surface area contributed by atoms with Gasteiger partial charge in [0.1, 0.15) is 0 Å². The lowest BCUT2D eigenvalue weighted by atomic mass is 10.1. The predicted molar refractivity (Wildman–Crippen MR) is 95.4 cm³/mol. The Labute approximate surface area is 154 Å². The Morgan fingerprint density at radius 1 is 1.12 bits per heavy atom. The number of amides is 1. The van der Waals surface area contributed by atoms with E-state index in [1.54, 1.807) is 12.1 Å². The van der Waals surface area contributed by atoms with Crippen molar-refractivity contribution in [2.75, 3.05) is 21.3 Å². The van der Waals surface area contributed by atoms with Crippen LogP contribution >= 0.6 is 11.6 Å². The molecule has 0 fully saturated rings. The maximum atomic E-state index is 12.3. The normalized spacial score (nSPS) is 10.2. The van der Waals surface area contributed by atoms with Crippen molar-refractivity contribution in [1.82, 2.24) is 5.32 Å². The number of hydrogen-bond donors (Lipinski definition) is 1. The molecule has 8 nitrogen and oxygen atoms in total. The molecule has 2 aromatic rings. The standard InChI is InChI=1S/C17H17ClN2O6/c1-24-14-7-4-10(15(25-2)16(14)26-3)9-19-17(21)12-6-5-11(20(22)23)8-13(12)18/h4-8H,9H2,1-3H3,(H,19,21). The van der Waals surface area contributed by atoms with Crippen molar-refractivity contribution in [1.29, 1.82) is 0 Å². The van der Waals surface area contributed by atoms with Crippen LogP contribution in [0.4, 0.5) is 5.69 Å². The van der Waals surface area contributed by atoms with E-state index < -0.39 is 10.8 Å². The van der Waals surface area contributed by atoms with E-state index in [9.17, 15) is 14.9 Å². The van der Waals surface area contributed by atoms with Gasteiger partial charge in [-0.2, -0.15) is 0 Å². The fraction of sp³-hybridized carbons (Fsp3) is 0.235. The molecule has 0 spiro atoms. The van der Waals surface area contributed by atoms with Gasteiger partial charge in [0.15, 0.2) is 11.5 Å². The summed E-state index contributed by atoms with van der Waals surface area (Å²) in [6.45, 7) is 0.135.